The van der Waals surface area contributed by atoms with E-state index >= 15 is 0 Å². The number of hydrogen-bond donors (Lipinski definition) is 2. The average Bonchev–Trinajstić information content (AvgIpc) is 3.01. The molecule has 1 heterocycles. The number of halogens is 1. The van der Waals surface area contributed by atoms with E-state index in [1.54, 1.807) is 31.2 Å². The predicted octanol–water partition coefficient (Wildman–Crippen LogP) is 1.90. The van der Waals surface area contributed by atoms with Gasteiger partial charge in [-0.2, -0.15) is 5.10 Å². The molecule has 27 heavy (non-hydrogen) atoms. The number of carbonyl (C=O) groups excluding carboxylic acids is 1. The molecule has 0 spiro atoms. The van der Waals surface area contributed by atoms with E-state index in [2.05, 4.69) is 10.4 Å². The van der Waals surface area contributed by atoms with Gasteiger partial charge in [0.2, 0.25) is 10.0 Å². The second-order valence-corrected chi connectivity index (χ2v) is 7.47. The van der Waals surface area contributed by atoms with Crippen LogP contribution in [0.3, 0.4) is 0 Å². The third-order valence-corrected chi connectivity index (χ3v) is 4.92. The average molecular weight is 388 g/mol. The second-order valence-electron chi connectivity index (χ2n) is 5.91. The van der Waals surface area contributed by atoms with E-state index in [4.69, 9.17) is 5.14 Å². The van der Waals surface area contributed by atoms with Crippen LogP contribution in [0.1, 0.15) is 21.6 Å². The maximum atomic E-state index is 13.1. The number of carbonyl (C=O) groups is 1. The SMILES string of the molecule is Cc1c(C(=O)NCc2cccc(S(N)(=O)=O)c2)cnn1-c1ccc(F)cc1. The Balaban J connectivity index is 1.75. The Morgan fingerprint density at radius 3 is 2.59 bits per heavy atom. The van der Waals surface area contributed by atoms with Crippen molar-refractivity contribution in [1.82, 2.24) is 15.1 Å². The number of nitrogens with one attached hydrogen (secondary N) is 1. The molecular formula is C18H17FN4O3S. The Hall–Kier alpha value is -3.04. The minimum atomic E-state index is -3.81. The molecule has 1 amide bonds. The summed E-state index contributed by atoms with van der Waals surface area (Å²) in [6, 6.07) is 11.8. The number of amides is 1. The van der Waals surface area contributed by atoms with Crippen LogP contribution in [0.4, 0.5) is 4.39 Å². The Kier molecular flexibility index (Phi) is 5.06. The normalized spacial score (nSPS) is 11.4. The summed E-state index contributed by atoms with van der Waals surface area (Å²) in [6.45, 7) is 1.86. The molecule has 3 aromatic rings. The zero-order valence-corrected chi connectivity index (χ0v) is 15.2. The molecular weight excluding hydrogens is 371 g/mol. The number of primary sulfonamides is 1. The molecule has 0 saturated carbocycles. The topological polar surface area (TPSA) is 107 Å². The fraction of sp³-hybridized carbons (Fsp3) is 0.111. The lowest BCUT2D eigenvalue weighted by Crippen LogP contribution is -2.23. The first-order valence-electron chi connectivity index (χ1n) is 7.96. The van der Waals surface area contributed by atoms with Crippen molar-refractivity contribution in [2.24, 2.45) is 5.14 Å². The molecule has 7 nitrogen and oxygen atoms in total. The number of rotatable bonds is 5. The largest absolute Gasteiger partial charge is 0.348 e. The smallest absolute Gasteiger partial charge is 0.255 e. The van der Waals surface area contributed by atoms with E-state index in [9.17, 15) is 17.6 Å². The maximum absolute atomic E-state index is 13.1. The van der Waals surface area contributed by atoms with Crippen LogP contribution in [0.15, 0.2) is 59.6 Å². The summed E-state index contributed by atoms with van der Waals surface area (Å²) >= 11 is 0. The van der Waals surface area contributed by atoms with Crippen LogP contribution in [-0.4, -0.2) is 24.1 Å². The zero-order valence-electron chi connectivity index (χ0n) is 14.4. The fourth-order valence-electron chi connectivity index (χ4n) is 2.59. The van der Waals surface area contributed by atoms with Crippen molar-refractivity contribution < 1.29 is 17.6 Å². The van der Waals surface area contributed by atoms with E-state index in [1.807, 2.05) is 0 Å². The highest BCUT2D eigenvalue weighted by Crippen LogP contribution is 2.15. The highest BCUT2D eigenvalue weighted by molar-refractivity contribution is 7.89. The van der Waals surface area contributed by atoms with Crippen LogP contribution in [0, 0.1) is 12.7 Å². The van der Waals surface area contributed by atoms with Gasteiger partial charge in [-0.25, -0.2) is 22.6 Å². The van der Waals surface area contributed by atoms with Gasteiger partial charge in [0, 0.05) is 6.54 Å². The van der Waals surface area contributed by atoms with Crippen LogP contribution in [-0.2, 0) is 16.6 Å². The molecule has 0 fully saturated rings. The van der Waals surface area contributed by atoms with Gasteiger partial charge in [0.25, 0.3) is 5.91 Å². The molecule has 0 atom stereocenters. The Morgan fingerprint density at radius 2 is 1.93 bits per heavy atom. The van der Waals surface area contributed by atoms with Crippen LogP contribution in [0.5, 0.6) is 0 Å². The molecule has 0 saturated heterocycles. The van der Waals surface area contributed by atoms with E-state index in [-0.39, 0.29) is 23.2 Å². The lowest BCUT2D eigenvalue weighted by Gasteiger charge is -2.08. The molecule has 3 N–H and O–H groups in total. The minimum Gasteiger partial charge on any atom is -0.348 e. The van der Waals surface area contributed by atoms with Crippen molar-refractivity contribution in [3.8, 4) is 5.69 Å². The Bertz CT molecular complexity index is 1090. The molecule has 9 heteroatoms. The minimum absolute atomic E-state index is 0.0189. The summed E-state index contributed by atoms with van der Waals surface area (Å²) in [4.78, 5) is 12.4. The number of aromatic nitrogens is 2. The van der Waals surface area contributed by atoms with Crippen molar-refractivity contribution in [3.63, 3.8) is 0 Å². The van der Waals surface area contributed by atoms with Crippen LogP contribution < -0.4 is 10.5 Å². The summed E-state index contributed by atoms with van der Waals surface area (Å²) in [6.07, 6.45) is 1.43. The van der Waals surface area contributed by atoms with Gasteiger partial charge in [0.15, 0.2) is 0 Å². The molecule has 2 aromatic carbocycles. The molecule has 140 valence electrons. The van der Waals surface area contributed by atoms with Gasteiger partial charge >= 0.3 is 0 Å². The van der Waals surface area contributed by atoms with Gasteiger partial charge < -0.3 is 5.32 Å². The lowest BCUT2D eigenvalue weighted by molar-refractivity contribution is 0.0950. The number of benzene rings is 2. The Labute approximate surface area is 155 Å². The van der Waals surface area contributed by atoms with Gasteiger partial charge in [-0.1, -0.05) is 12.1 Å². The lowest BCUT2D eigenvalue weighted by atomic mass is 10.2. The van der Waals surface area contributed by atoms with E-state index in [0.29, 0.717) is 22.5 Å². The van der Waals surface area contributed by atoms with Crippen molar-refractivity contribution in [2.45, 2.75) is 18.4 Å². The van der Waals surface area contributed by atoms with E-state index < -0.39 is 10.0 Å². The van der Waals surface area contributed by atoms with Crippen molar-refractivity contribution >= 4 is 15.9 Å². The first-order valence-corrected chi connectivity index (χ1v) is 9.51. The molecule has 0 unspecified atom stereocenters. The molecule has 1 aromatic heterocycles. The number of nitrogens with zero attached hydrogens (tertiary/aromatic N) is 2. The number of nitrogens with two attached hydrogens (primary N) is 1. The summed E-state index contributed by atoms with van der Waals surface area (Å²) in [5.41, 5.74) is 2.19. The van der Waals surface area contributed by atoms with Crippen LogP contribution in [0.25, 0.3) is 5.69 Å². The monoisotopic (exact) mass is 388 g/mol. The first-order chi connectivity index (χ1) is 12.8. The first kappa shape index (κ1) is 18.7. The maximum Gasteiger partial charge on any atom is 0.255 e. The van der Waals surface area contributed by atoms with Gasteiger partial charge in [-0.3, -0.25) is 4.79 Å². The fourth-order valence-corrected chi connectivity index (χ4v) is 3.17. The number of hydrogen-bond acceptors (Lipinski definition) is 4. The quantitative estimate of drug-likeness (QED) is 0.696. The summed E-state index contributed by atoms with van der Waals surface area (Å²) in [5, 5.41) is 12.0. The molecule has 3 rings (SSSR count). The van der Waals surface area contributed by atoms with Crippen molar-refractivity contribution in [2.75, 3.05) is 0 Å². The van der Waals surface area contributed by atoms with Crippen LogP contribution in [0.2, 0.25) is 0 Å². The van der Waals surface area contributed by atoms with Gasteiger partial charge in [-0.05, 0) is 48.9 Å². The Morgan fingerprint density at radius 1 is 1.22 bits per heavy atom. The summed E-state index contributed by atoms with van der Waals surface area (Å²) < 4.78 is 37.4. The van der Waals surface area contributed by atoms with E-state index in [1.165, 1.54) is 35.1 Å². The van der Waals surface area contributed by atoms with Crippen molar-refractivity contribution in [1.29, 1.82) is 0 Å². The van der Waals surface area contributed by atoms with Crippen molar-refractivity contribution in [3.05, 3.63) is 77.4 Å². The third-order valence-electron chi connectivity index (χ3n) is 4.01. The molecule has 0 aliphatic heterocycles. The standard InChI is InChI=1S/C18H17FN4O3S/c1-12-17(11-22-23(12)15-7-5-14(19)6-8-15)18(24)21-10-13-3-2-4-16(9-13)27(20,25)26/h2-9,11H,10H2,1H3,(H,21,24)(H2,20,25,26). The predicted molar refractivity (Wildman–Crippen MR) is 97.2 cm³/mol. The third kappa shape index (κ3) is 4.21. The van der Waals surface area contributed by atoms with Crippen LogP contribution >= 0.6 is 0 Å². The van der Waals surface area contributed by atoms with E-state index in [0.717, 1.165) is 0 Å². The molecule has 0 bridgehead atoms. The number of sulfonamides is 1. The molecule has 0 aliphatic carbocycles. The van der Waals surface area contributed by atoms with Gasteiger partial charge in [0.1, 0.15) is 5.82 Å². The highest BCUT2D eigenvalue weighted by Gasteiger charge is 2.15. The highest BCUT2D eigenvalue weighted by atomic mass is 32.2. The zero-order chi connectivity index (χ0) is 19.6. The molecule has 0 radical (unpaired) electrons. The summed E-state index contributed by atoms with van der Waals surface area (Å²) in [7, 11) is -3.81. The molecule has 0 aliphatic rings. The second kappa shape index (κ2) is 7.29. The summed E-state index contributed by atoms with van der Waals surface area (Å²) in [5.74, 6) is -0.717. The van der Waals surface area contributed by atoms with Gasteiger partial charge in [0.05, 0.1) is 28.0 Å². The van der Waals surface area contributed by atoms with Gasteiger partial charge in [-0.15, -0.1) is 0 Å².